The van der Waals surface area contributed by atoms with E-state index in [9.17, 15) is 22.4 Å². The van der Waals surface area contributed by atoms with Crippen LogP contribution in [0.15, 0.2) is 29.0 Å². The Bertz CT molecular complexity index is 768. The highest BCUT2D eigenvalue weighted by Gasteiger charge is 2.49. The molecule has 0 saturated heterocycles. The highest BCUT2D eigenvalue weighted by molar-refractivity contribution is 9.10. The summed E-state index contributed by atoms with van der Waals surface area (Å²) in [5.41, 5.74) is -2.29. The quantitative estimate of drug-likeness (QED) is 0.790. The van der Waals surface area contributed by atoms with Gasteiger partial charge in [0.1, 0.15) is 17.2 Å². The van der Waals surface area contributed by atoms with Crippen molar-refractivity contribution in [3.05, 3.63) is 40.5 Å². The van der Waals surface area contributed by atoms with Gasteiger partial charge in [-0.2, -0.15) is 18.3 Å². The number of carbonyl (C=O) groups is 1. The fourth-order valence-electron chi connectivity index (χ4n) is 2.52. The van der Waals surface area contributed by atoms with E-state index in [-0.39, 0.29) is 10.3 Å². The monoisotopic (exact) mass is 406 g/mol. The second-order valence-corrected chi connectivity index (χ2v) is 6.32. The van der Waals surface area contributed by atoms with Gasteiger partial charge in [-0.05, 0) is 47.3 Å². The van der Waals surface area contributed by atoms with Gasteiger partial charge in [0.05, 0.1) is 10.7 Å². The molecule has 3 rings (SSSR count). The Kier molecular flexibility index (Phi) is 4.10. The summed E-state index contributed by atoms with van der Waals surface area (Å²) < 4.78 is 52.4. The molecule has 0 unspecified atom stereocenters. The molecule has 2 heterocycles. The Hall–Kier alpha value is -1.97. The molecule has 2 aromatic rings. The predicted molar refractivity (Wildman–Crippen MR) is 79.6 cm³/mol. The number of anilines is 1. The molecule has 0 radical (unpaired) electrons. The molecule has 1 aliphatic carbocycles. The lowest BCUT2D eigenvalue weighted by Gasteiger charge is -2.40. The second-order valence-electron chi connectivity index (χ2n) is 5.47. The lowest BCUT2D eigenvalue weighted by Crippen LogP contribution is -2.51. The van der Waals surface area contributed by atoms with Crippen LogP contribution in [0.1, 0.15) is 25.0 Å². The van der Waals surface area contributed by atoms with Gasteiger partial charge in [-0.1, -0.05) is 0 Å². The average molecular weight is 407 g/mol. The zero-order valence-corrected chi connectivity index (χ0v) is 13.7. The van der Waals surface area contributed by atoms with Crippen molar-refractivity contribution in [2.45, 2.75) is 31.0 Å². The first-order valence-corrected chi connectivity index (χ1v) is 7.77. The van der Waals surface area contributed by atoms with Crippen LogP contribution in [-0.4, -0.2) is 20.7 Å². The van der Waals surface area contributed by atoms with Crippen molar-refractivity contribution in [2.24, 2.45) is 0 Å². The number of nitrogens with one attached hydrogen (secondary N) is 1. The van der Waals surface area contributed by atoms with E-state index in [1.165, 1.54) is 6.07 Å². The topological polar surface area (TPSA) is 59.8 Å². The van der Waals surface area contributed by atoms with Crippen LogP contribution in [0, 0.1) is 5.82 Å². The van der Waals surface area contributed by atoms with Crippen LogP contribution in [0.5, 0.6) is 0 Å². The SMILES string of the molecule is O=C(Nc1ccc(F)cn1)C1(n2cc(Br)c(C(F)(F)F)n2)CCC1. The Morgan fingerprint density at radius 1 is 1.33 bits per heavy atom. The molecule has 1 fully saturated rings. The van der Waals surface area contributed by atoms with Crippen LogP contribution in [0.25, 0.3) is 0 Å². The van der Waals surface area contributed by atoms with Gasteiger partial charge in [0, 0.05) is 6.20 Å². The number of aromatic nitrogens is 3. The summed E-state index contributed by atoms with van der Waals surface area (Å²) in [6.07, 6.45) is -1.14. The number of hydrogen-bond donors (Lipinski definition) is 1. The highest BCUT2D eigenvalue weighted by Crippen LogP contribution is 2.42. The first kappa shape index (κ1) is 16.9. The van der Waals surface area contributed by atoms with Crippen molar-refractivity contribution in [3.8, 4) is 0 Å². The van der Waals surface area contributed by atoms with E-state index >= 15 is 0 Å². The molecule has 1 saturated carbocycles. The Labute approximate surface area is 142 Å². The van der Waals surface area contributed by atoms with Crippen molar-refractivity contribution in [3.63, 3.8) is 0 Å². The summed E-state index contributed by atoms with van der Waals surface area (Å²) in [4.78, 5) is 16.3. The number of halogens is 5. The molecule has 0 atom stereocenters. The fraction of sp³-hybridized carbons (Fsp3) is 0.357. The molecular formula is C14H11BrF4N4O. The summed E-state index contributed by atoms with van der Waals surface area (Å²) in [6.45, 7) is 0. The van der Waals surface area contributed by atoms with Gasteiger partial charge in [-0.25, -0.2) is 9.37 Å². The third-order valence-electron chi connectivity index (χ3n) is 3.95. The molecule has 1 amide bonds. The molecule has 0 aliphatic heterocycles. The smallest absolute Gasteiger partial charge is 0.309 e. The molecule has 10 heteroatoms. The number of amides is 1. The zero-order chi connectivity index (χ0) is 17.5. The summed E-state index contributed by atoms with van der Waals surface area (Å²) in [5.74, 6) is -0.969. The third kappa shape index (κ3) is 2.90. The van der Waals surface area contributed by atoms with Crippen molar-refractivity contribution in [1.82, 2.24) is 14.8 Å². The number of hydrogen-bond acceptors (Lipinski definition) is 3. The van der Waals surface area contributed by atoms with E-state index in [1.807, 2.05) is 0 Å². The van der Waals surface area contributed by atoms with E-state index in [2.05, 4.69) is 31.3 Å². The van der Waals surface area contributed by atoms with Gasteiger partial charge in [-0.3, -0.25) is 9.48 Å². The average Bonchev–Trinajstić information content (AvgIpc) is 2.82. The lowest BCUT2D eigenvalue weighted by molar-refractivity contribution is -0.143. The minimum atomic E-state index is -4.62. The minimum Gasteiger partial charge on any atom is -0.309 e. The van der Waals surface area contributed by atoms with E-state index in [0.717, 1.165) is 23.1 Å². The van der Waals surface area contributed by atoms with Crippen molar-refractivity contribution in [1.29, 1.82) is 0 Å². The lowest BCUT2D eigenvalue weighted by atomic mass is 9.76. The fourth-order valence-corrected chi connectivity index (χ4v) is 3.02. The molecule has 0 bridgehead atoms. The normalized spacial score (nSPS) is 16.5. The summed E-state index contributed by atoms with van der Waals surface area (Å²) >= 11 is 2.83. The van der Waals surface area contributed by atoms with Gasteiger partial charge < -0.3 is 5.32 Å². The second kappa shape index (κ2) is 5.83. The summed E-state index contributed by atoms with van der Waals surface area (Å²) in [6, 6.07) is 2.40. The van der Waals surface area contributed by atoms with E-state index < -0.39 is 29.1 Å². The van der Waals surface area contributed by atoms with Crippen molar-refractivity contribution >= 4 is 27.7 Å². The van der Waals surface area contributed by atoms with Gasteiger partial charge in [-0.15, -0.1) is 0 Å². The maximum absolute atomic E-state index is 12.9. The number of alkyl halides is 3. The minimum absolute atomic E-state index is 0.120. The van der Waals surface area contributed by atoms with Gasteiger partial charge >= 0.3 is 6.18 Å². The molecule has 5 nitrogen and oxygen atoms in total. The molecule has 24 heavy (non-hydrogen) atoms. The van der Waals surface area contributed by atoms with Crippen molar-refractivity contribution in [2.75, 3.05) is 5.32 Å². The number of rotatable bonds is 3. The van der Waals surface area contributed by atoms with Crippen LogP contribution in [0.2, 0.25) is 0 Å². The van der Waals surface area contributed by atoms with Crippen LogP contribution in [-0.2, 0) is 16.5 Å². The van der Waals surface area contributed by atoms with Crippen LogP contribution >= 0.6 is 15.9 Å². The van der Waals surface area contributed by atoms with E-state index in [1.54, 1.807) is 0 Å². The maximum atomic E-state index is 12.9. The van der Waals surface area contributed by atoms with Crippen LogP contribution < -0.4 is 5.32 Å². The molecule has 1 aliphatic rings. The first-order valence-electron chi connectivity index (χ1n) is 6.98. The van der Waals surface area contributed by atoms with Crippen molar-refractivity contribution < 1.29 is 22.4 Å². The maximum Gasteiger partial charge on any atom is 0.436 e. The summed E-state index contributed by atoms with van der Waals surface area (Å²) in [7, 11) is 0. The number of carbonyl (C=O) groups excluding carboxylic acids is 1. The Morgan fingerprint density at radius 3 is 2.50 bits per heavy atom. The Balaban J connectivity index is 1.89. The molecule has 128 valence electrons. The van der Waals surface area contributed by atoms with Gasteiger partial charge in [0.25, 0.3) is 5.91 Å². The molecule has 0 spiro atoms. The van der Waals surface area contributed by atoms with E-state index in [0.29, 0.717) is 19.3 Å². The number of nitrogens with zero attached hydrogens (tertiary/aromatic N) is 3. The third-order valence-corrected chi connectivity index (χ3v) is 4.53. The molecule has 1 N–H and O–H groups in total. The highest BCUT2D eigenvalue weighted by atomic mass is 79.9. The van der Waals surface area contributed by atoms with E-state index in [4.69, 9.17) is 0 Å². The van der Waals surface area contributed by atoms with Gasteiger partial charge in [0.2, 0.25) is 0 Å². The Morgan fingerprint density at radius 2 is 2.04 bits per heavy atom. The predicted octanol–water partition coefficient (Wildman–Crippen LogP) is 3.72. The molecular weight excluding hydrogens is 396 g/mol. The summed E-state index contributed by atoms with van der Waals surface area (Å²) in [5, 5.41) is 6.06. The molecule has 0 aromatic carbocycles. The number of pyridine rings is 1. The largest absolute Gasteiger partial charge is 0.436 e. The van der Waals surface area contributed by atoms with Crippen LogP contribution in [0.4, 0.5) is 23.4 Å². The first-order chi connectivity index (χ1) is 11.2. The van der Waals surface area contributed by atoms with Crippen LogP contribution in [0.3, 0.4) is 0 Å². The zero-order valence-electron chi connectivity index (χ0n) is 12.1. The standard InChI is InChI=1S/C14H11BrF4N4O/c15-9-7-23(22-11(9)14(17,18)19)13(4-1-5-13)12(24)21-10-3-2-8(16)6-20-10/h2-3,6-7H,1,4-5H2,(H,20,21,24). The molecule has 2 aromatic heterocycles. The van der Waals surface area contributed by atoms with Gasteiger partial charge in [0.15, 0.2) is 5.69 Å².